The van der Waals surface area contributed by atoms with Crippen LogP contribution in [0, 0.1) is 0 Å². The number of aliphatic hydroxyl groups is 1. The summed E-state index contributed by atoms with van der Waals surface area (Å²) in [5.74, 6) is -0.757. The Hall–Kier alpha value is -2.28. The summed E-state index contributed by atoms with van der Waals surface area (Å²) < 4.78 is 5.19. The van der Waals surface area contributed by atoms with Crippen LogP contribution in [0.4, 0.5) is 5.69 Å². The van der Waals surface area contributed by atoms with Crippen LogP contribution in [0.5, 0.6) is 5.75 Å². The van der Waals surface area contributed by atoms with Crippen molar-refractivity contribution in [1.29, 1.82) is 0 Å². The minimum atomic E-state index is -0.843. The normalized spacial score (nSPS) is 11.8. The lowest BCUT2D eigenvalue weighted by Gasteiger charge is -2.26. The highest BCUT2D eigenvalue weighted by Crippen LogP contribution is 2.34. The van der Waals surface area contributed by atoms with Gasteiger partial charge in [-0.2, -0.15) is 0 Å². The van der Waals surface area contributed by atoms with Crippen LogP contribution in [-0.2, 0) is 9.59 Å². The lowest BCUT2D eigenvalue weighted by Crippen LogP contribution is -2.40. The molecule has 110 valence electrons. The highest BCUT2D eigenvalue weighted by molar-refractivity contribution is 5.85. The van der Waals surface area contributed by atoms with Crippen LogP contribution in [0.15, 0.2) is 18.2 Å². The van der Waals surface area contributed by atoms with Gasteiger partial charge in [0.1, 0.15) is 5.75 Å². The molecule has 7 nitrogen and oxygen atoms in total. The van der Waals surface area contributed by atoms with E-state index in [9.17, 15) is 14.7 Å². The Labute approximate surface area is 117 Å². The smallest absolute Gasteiger partial charge is 0.236 e. The van der Waals surface area contributed by atoms with E-state index in [2.05, 4.69) is 0 Å². The lowest BCUT2D eigenvalue weighted by molar-refractivity contribution is -0.117. The summed E-state index contributed by atoms with van der Waals surface area (Å²) in [6.45, 7) is 1.19. The number of nitrogens with two attached hydrogens (primary N) is 2. The summed E-state index contributed by atoms with van der Waals surface area (Å²) in [6, 6.07) is 5.03. The molecule has 0 saturated heterocycles. The number of hydrogen-bond donors (Lipinski definition) is 3. The molecule has 7 heteroatoms. The van der Waals surface area contributed by atoms with Crippen molar-refractivity contribution in [3.05, 3.63) is 23.8 Å². The standard InChI is InChI=1S/C13H19N3O4/c1-8(17)13-9(4-3-5-10(13)20-2)16(6-11(14)18)7-12(15)19/h3-5,8,17H,6-7H2,1-2H3,(H2,14,18)(H2,15,19)/t8-/m0/s1. The van der Waals surface area contributed by atoms with Crippen molar-refractivity contribution < 1.29 is 19.4 Å². The van der Waals surface area contributed by atoms with Crippen LogP contribution in [0.2, 0.25) is 0 Å². The number of aliphatic hydroxyl groups excluding tert-OH is 1. The molecule has 2 amide bonds. The van der Waals surface area contributed by atoms with Gasteiger partial charge in [0.25, 0.3) is 0 Å². The van der Waals surface area contributed by atoms with Gasteiger partial charge in [0, 0.05) is 11.3 Å². The molecule has 0 aliphatic carbocycles. The largest absolute Gasteiger partial charge is 0.496 e. The zero-order valence-corrected chi connectivity index (χ0v) is 11.5. The van der Waals surface area contributed by atoms with Crippen molar-refractivity contribution in [3.8, 4) is 5.75 Å². The first kappa shape index (κ1) is 15.8. The lowest BCUT2D eigenvalue weighted by atomic mass is 10.1. The molecule has 1 aromatic carbocycles. The van der Waals surface area contributed by atoms with Crippen LogP contribution in [0.3, 0.4) is 0 Å². The molecule has 0 unspecified atom stereocenters. The van der Waals surface area contributed by atoms with E-state index in [0.29, 0.717) is 17.0 Å². The summed E-state index contributed by atoms with van der Waals surface area (Å²) in [7, 11) is 1.47. The van der Waals surface area contributed by atoms with Crippen molar-refractivity contribution in [2.75, 3.05) is 25.1 Å². The number of hydrogen-bond acceptors (Lipinski definition) is 5. The predicted molar refractivity (Wildman–Crippen MR) is 74.2 cm³/mol. The number of rotatable bonds is 7. The zero-order valence-electron chi connectivity index (χ0n) is 11.5. The van der Waals surface area contributed by atoms with Gasteiger partial charge in [0.2, 0.25) is 11.8 Å². The number of methoxy groups -OCH3 is 1. The van der Waals surface area contributed by atoms with E-state index in [0.717, 1.165) is 0 Å². The first-order valence-electron chi connectivity index (χ1n) is 6.03. The van der Waals surface area contributed by atoms with Crippen molar-refractivity contribution in [1.82, 2.24) is 0 Å². The number of benzene rings is 1. The molecule has 1 aromatic rings. The quantitative estimate of drug-likeness (QED) is 0.624. The maximum Gasteiger partial charge on any atom is 0.236 e. The average molecular weight is 281 g/mol. The molecule has 0 saturated carbocycles. The molecule has 1 rings (SSSR count). The summed E-state index contributed by atoms with van der Waals surface area (Å²) in [4.78, 5) is 23.7. The first-order valence-corrected chi connectivity index (χ1v) is 6.03. The molecule has 0 heterocycles. The predicted octanol–water partition coefficient (Wildman–Crippen LogP) is -0.474. The van der Waals surface area contributed by atoms with Gasteiger partial charge in [-0.15, -0.1) is 0 Å². The van der Waals surface area contributed by atoms with Crippen LogP contribution in [0.1, 0.15) is 18.6 Å². The SMILES string of the molecule is COc1cccc(N(CC(N)=O)CC(N)=O)c1[C@H](C)O. The second kappa shape index (κ2) is 6.76. The van der Waals surface area contributed by atoms with E-state index in [-0.39, 0.29) is 13.1 Å². The fraction of sp³-hybridized carbons (Fsp3) is 0.385. The van der Waals surface area contributed by atoms with Crippen molar-refractivity contribution in [3.63, 3.8) is 0 Å². The summed E-state index contributed by atoms with van der Waals surface area (Å²) in [6.07, 6.45) is -0.843. The van der Waals surface area contributed by atoms with E-state index < -0.39 is 17.9 Å². The van der Waals surface area contributed by atoms with Gasteiger partial charge in [-0.1, -0.05) is 6.07 Å². The van der Waals surface area contributed by atoms with Crippen molar-refractivity contribution >= 4 is 17.5 Å². The van der Waals surface area contributed by atoms with Crippen molar-refractivity contribution in [2.45, 2.75) is 13.0 Å². The second-order valence-electron chi connectivity index (χ2n) is 4.36. The van der Waals surface area contributed by atoms with Crippen LogP contribution in [-0.4, -0.2) is 37.1 Å². The minimum Gasteiger partial charge on any atom is -0.496 e. The summed E-state index contributed by atoms with van der Waals surface area (Å²) in [5.41, 5.74) is 11.3. The number of primary amides is 2. The Morgan fingerprint density at radius 3 is 2.25 bits per heavy atom. The molecule has 0 aromatic heterocycles. The number of amides is 2. The third kappa shape index (κ3) is 3.86. The molecule has 0 aliphatic heterocycles. The molecule has 0 spiro atoms. The Morgan fingerprint density at radius 1 is 1.30 bits per heavy atom. The zero-order chi connectivity index (χ0) is 15.3. The monoisotopic (exact) mass is 281 g/mol. The molecule has 5 N–H and O–H groups in total. The van der Waals surface area contributed by atoms with E-state index in [1.807, 2.05) is 0 Å². The van der Waals surface area contributed by atoms with Gasteiger partial charge < -0.3 is 26.2 Å². The van der Waals surface area contributed by atoms with Crippen LogP contribution >= 0.6 is 0 Å². The van der Waals surface area contributed by atoms with E-state index in [4.69, 9.17) is 16.2 Å². The van der Waals surface area contributed by atoms with Gasteiger partial charge >= 0.3 is 0 Å². The number of anilines is 1. The van der Waals surface area contributed by atoms with E-state index in [1.54, 1.807) is 25.1 Å². The average Bonchev–Trinajstić information content (AvgIpc) is 2.35. The summed E-state index contributed by atoms with van der Waals surface area (Å²) >= 11 is 0. The molecule has 0 radical (unpaired) electrons. The van der Waals surface area contributed by atoms with Gasteiger partial charge in [0.05, 0.1) is 26.3 Å². The molecule has 1 atom stereocenters. The number of carbonyl (C=O) groups is 2. The third-order valence-electron chi connectivity index (χ3n) is 2.71. The Kier molecular flexibility index (Phi) is 5.33. The van der Waals surface area contributed by atoms with Gasteiger partial charge in [-0.3, -0.25) is 9.59 Å². The Bertz CT molecular complexity index is 486. The fourth-order valence-corrected chi connectivity index (χ4v) is 2.01. The maximum atomic E-state index is 11.1. The molecule has 0 aliphatic rings. The molecule has 0 bridgehead atoms. The highest BCUT2D eigenvalue weighted by Gasteiger charge is 2.21. The molecule has 20 heavy (non-hydrogen) atoms. The number of carbonyl (C=O) groups excluding carboxylic acids is 2. The maximum absolute atomic E-state index is 11.1. The van der Waals surface area contributed by atoms with Gasteiger partial charge in [-0.25, -0.2) is 0 Å². The van der Waals surface area contributed by atoms with Crippen LogP contribution < -0.4 is 21.1 Å². The topological polar surface area (TPSA) is 119 Å². The second-order valence-corrected chi connectivity index (χ2v) is 4.36. The van der Waals surface area contributed by atoms with Crippen LogP contribution in [0.25, 0.3) is 0 Å². The van der Waals surface area contributed by atoms with Gasteiger partial charge in [0.15, 0.2) is 0 Å². The minimum absolute atomic E-state index is 0.185. The summed E-state index contributed by atoms with van der Waals surface area (Å²) in [5, 5.41) is 9.89. The Balaban J connectivity index is 3.30. The first-order chi connectivity index (χ1) is 9.36. The van der Waals surface area contributed by atoms with Crippen molar-refractivity contribution in [2.24, 2.45) is 11.5 Å². The van der Waals surface area contributed by atoms with E-state index >= 15 is 0 Å². The highest BCUT2D eigenvalue weighted by atomic mass is 16.5. The van der Waals surface area contributed by atoms with Gasteiger partial charge in [-0.05, 0) is 19.1 Å². The Morgan fingerprint density at radius 2 is 1.85 bits per heavy atom. The fourth-order valence-electron chi connectivity index (χ4n) is 2.01. The van der Waals surface area contributed by atoms with E-state index in [1.165, 1.54) is 12.0 Å². The molecular formula is C13H19N3O4. The number of ether oxygens (including phenoxy) is 1. The molecular weight excluding hydrogens is 262 g/mol. The third-order valence-corrected chi connectivity index (χ3v) is 2.71. The molecule has 0 fully saturated rings. The number of nitrogens with zero attached hydrogens (tertiary/aromatic N) is 1.